The van der Waals surface area contributed by atoms with Gasteiger partial charge in [0.25, 0.3) is 0 Å². The Hall–Kier alpha value is -1.07. The number of nitrogens with zero attached hydrogens (tertiary/aromatic N) is 4. The average Bonchev–Trinajstić information content (AvgIpc) is 3.00. The molecule has 3 rings (SSSR count). The minimum atomic E-state index is -3.55. The van der Waals surface area contributed by atoms with Gasteiger partial charge >= 0.3 is 0 Å². The van der Waals surface area contributed by atoms with Gasteiger partial charge in [0.15, 0.2) is 0 Å². The molecule has 0 bridgehead atoms. The van der Waals surface area contributed by atoms with E-state index in [1.54, 1.807) is 6.07 Å². The Morgan fingerprint density at radius 1 is 1.37 bits per heavy atom. The van der Waals surface area contributed by atoms with Crippen molar-refractivity contribution in [2.45, 2.75) is 10.8 Å². The van der Waals surface area contributed by atoms with Crippen LogP contribution in [0.5, 0.6) is 0 Å². The molecule has 0 fully saturated rings. The standard InChI is InChI=1S/C8H6ClN5O2S3/c9-5-1-2-7(17-5)19(15,16)11-3-6-13-14-4-10-12-8(14)18-6/h1-2,4,11H,3H2. The van der Waals surface area contributed by atoms with Crippen molar-refractivity contribution in [1.29, 1.82) is 0 Å². The second kappa shape index (κ2) is 4.80. The van der Waals surface area contributed by atoms with E-state index in [9.17, 15) is 8.42 Å². The Balaban J connectivity index is 1.76. The van der Waals surface area contributed by atoms with E-state index in [0.717, 1.165) is 11.3 Å². The second-order valence-electron chi connectivity index (χ2n) is 3.44. The second-order valence-corrected chi connectivity index (χ2v) is 8.19. The lowest BCUT2D eigenvalue weighted by Crippen LogP contribution is -2.22. The Morgan fingerprint density at radius 2 is 2.21 bits per heavy atom. The lowest BCUT2D eigenvalue weighted by Gasteiger charge is -2.01. The van der Waals surface area contributed by atoms with E-state index in [1.165, 1.54) is 28.2 Å². The largest absolute Gasteiger partial charge is 0.250 e. The topological polar surface area (TPSA) is 89.2 Å². The fourth-order valence-electron chi connectivity index (χ4n) is 1.34. The molecule has 3 heterocycles. The van der Waals surface area contributed by atoms with Crippen LogP contribution >= 0.6 is 34.3 Å². The Morgan fingerprint density at radius 3 is 2.89 bits per heavy atom. The van der Waals surface area contributed by atoms with Gasteiger partial charge in [0, 0.05) is 0 Å². The number of fused-ring (bicyclic) bond motifs is 1. The smallest absolute Gasteiger partial charge is 0.206 e. The molecule has 0 aliphatic rings. The van der Waals surface area contributed by atoms with Gasteiger partial charge in [-0.05, 0) is 12.1 Å². The summed E-state index contributed by atoms with van der Waals surface area (Å²) in [6.45, 7) is 0.103. The molecule has 0 aromatic carbocycles. The Bertz CT molecular complexity index is 792. The quantitative estimate of drug-likeness (QED) is 0.778. The van der Waals surface area contributed by atoms with Crippen LogP contribution in [0.1, 0.15) is 5.01 Å². The van der Waals surface area contributed by atoms with Crippen LogP contribution in [0, 0.1) is 0 Å². The first-order valence-corrected chi connectivity index (χ1v) is 8.45. The molecule has 100 valence electrons. The summed E-state index contributed by atoms with van der Waals surface area (Å²) in [4.78, 5) is 0.619. The van der Waals surface area contributed by atoms with Gasteiger partial charge in [-0.15, -0.1) is 21.5 Å². The van der Waals surface area contributed by atoms with E-state index < -0.39 is 10.0 Å². The fraction of sp³-hybridized carbons (Fsp3) is 0.125. The summed E-state index contributed by atoms with van der Waals surface area (Å²) in [6, 6.07) is 3.01. The molecule has 0 saturated heterocycles. The van der Waals surface area contributed by atoms with E-state index in [-0.39, 0.29) is 10.8 Å². The number of halogens is 1. The van der Waals surface area contributed by atoms with E-state index in [1.807, 2.05) is 0 Å². The Kier molecular flexibility index (Phi) is 3.27. The van der Waals surface area contributed by atoms with Crippen molar-refractivity contribution in [1.82, 2.24) is 24.5 Å². The van der Waals surface area contributed by atoms with Crippen molar-refractivity contribution in [2.75, 3.05) is 0 Å². The van der Waals surface area contributed by atoms with E-state index in [2.05, 4.69) is 20.0 Å². The first-order valence-electron chi connectivity index (χ1n) is 4.95. The maximum atomic E-state index is 12.0. The van der Waals surface area contributed by atoms with Crippen molar-refractivity contribution >= 4 is 49.3 Å². The lowest BCUT2D eigenvalue weighted by molar-refractivity contribution is 0.583. The maximum absolute atomic E-state index is 12.0. The van der Waals surface area contributed by atoms with Crippen LogP contribution in [-0.4, -0.2) is 28.2 Å². The molecule has 0 spiro atoms. The molecule has 0 atom stereocenters. The number of sulfonamides is 1. The zero-order valence-electron chi connectivity index (χ0n) is 9.15. The molecule has 0 amide bonds. The molecular formula is C8H6ClN5O2S3. The van der Waals surface area contributed by atoms with Crippen LogP contribution in [0.3, 0.4) is 0 Å². The summed E-state index contributed by atoms with van der Waals surface area (Å²) in [6.07, 6.45) is 1.46. The molecule has 0 radical (unpaired) electrons. The number of thiophene rings is 1. The highest BCUT2D eigenvalue weighted by Crippen LogP contribution is 2.25. The first-order chi connectivity index (χ1) is 9.04. The monoisotopic (exact) mass is 335 g/mol. The van der Waals surface area contributed by atoms with E-state index in [0.29, 0.717) is 14.3 Å². The SMILES string of the molecule is O=S(=O)(NCc1nn2cnnc2s1)c1ccc(Cl)s1. The molecular weight excluding hydrogens is 330 g/mol. The van der Waals surface area contributed by atoms with Gasteiger partial charge in [-0.3, -0.25) is 0 Å². The average molecular weight is 336 g/mol. The van der Waals surface area contributed by atoms with Crippen LogP contribution in [0.15, 0.2) is 22.7 Å². The van der Waals surface area contributed by atoms with E-state index in [4.69, 9.17) is 11.6 Å². The van der Waals surface area contributed by atoms with E-state index >= 15 is 0 Å². The van der Waals surface area contributed by atoms with Gasteiger partial charge in [-0.25, -0.2) is 13.1 Å². The molecule has 3 aromatic heterocycles. The number of aromatic nitrogens is 4. The third-order valence-corrected chi connectivity index (χ3v) is 6.19. The number of hydrogen-bond acceptors (Lipinski definition) is 7. The normalized spacial score (nSPS) is 12.3. The van der Waals surface area contributed by atoms with Gasteiger partial charge in [-0.1, -0.05) is 22.9 Å². The molecule has 0 unspecified atom stereocenters. The van der Waals surface area contributed by atoms with Crippen LogP contribution in [0.2, 0.25) is 4.34 Å². The number of nitrogens with one attached hydrogen (secondary N) is 1. The molecule has 1 N–H and O–H groups in total. The number of hydrogen-bond donors (Lipinski definition) is 1. The summed E-state index contributed by atoms with van der Waals surface area (Å²) in [5.41, 5.74) is 0. The molecule has 11 heteroatoms. The summed E-state index contributed by atoms with van der Waals surface area (Å²) in [5, 5.41) is 12.2. The van der Waals surface area contributed by atoms with Crippen LogP contribution < -0.4 is 4.72 Å². The summed E-state index contributed by atoms with van der Waals surface area (Å²) in [7, 11) is -3.55. The summed E-state index contributed by atoms with van der Waals surface area (Å²) in [5.74, 6) is 0. The fourth-order valence-corrected chi connectivity index (χ4v) is 4.70. The minimum absolute atomic E-state index is 0.103. The van der Waals surface area contributed by atoms with Crippen molar-refractivity contribution in [3.05, 3.63) is 27.8 Å². The molecule has 3 aromatic rings. The van der Waals surface area contributed by atoms with Crippen LogP contribution in [0.4, 0.5) is 0 Å². The molecule has 19 heavy (non-hydrogen) atoms. The third-order valence-electron chi connectivity index (χ3n) is 2.16. The first kappa shape index (κ1) is 12.9. The lowest BCUT2D eigenvalue weighted by atomic mass is 10.7. The maximum Gasteiger partial charge on any atom is 0.250 e. The summed E-state index contributed by atoms with van der Waals surface area (Å²) < 4.78 is 28.5. The minimum Gasteiger partial charge on any atom is -0.206 e. The van der Waals surface area contributed by atoms with Gasteiger partial charge in [0.05, 0.1) is 10.9 Å². The highest BCUT2D eigenvalue weighted by atomic mass is 35.5. The van der Waals surface area contributed by atoms with Crippen LogP contribution in [0.25, 0.3) is 4.96 Å². The van der Waals surface area contributed by atoms with Crippen molar-refractivity contribution < 1.29 is 8.42 Å². The highest BCUT2D eigenvalue weighted by Gasteiger charge is 2.17. The molecule has 0 aliphatic heterocycles. The zero-order chi connectivity index (χ0) is 13.5. The zero-order valence-corrected chi connectivity index (χ0v) is 12.4. The van der Waals surface area contributed by atoms with Gasteiger partial charge < -0.3 is 0 Å². The van der Waals surface area contributed by atoms with Crippen molar-refractivity contribution in [3.63, 3.8) is 0 Å². The van der Waals surface area contributed by atoms with Gasteiger partial charge in [-0.2, -0.15) is 9.61 Å². The Labute approximate surface area is 120 Å². The molecule has 7 nitrogen and oxygen atoms in total. The van der Waals surface area contributed by atoms with Crippen molar-refractivity contribution in [3.8, 4) is 0 Å². The predicted molar refractivity (Wildman–Crippen MR) is 72.0 cm³/mol. The number of rotatable bonds is 4. The van der Waals surface area contributed by atoms with Gasteiger partial charge in [0.2, 0.25) is 15.0 Å². The third kappa shape index (κ3) is 2.62. The summed E-state index contributed by atoms with van der Waals surface area (Å²) >= 11 is 8.00. The predicted octanol–water partition coefficient (Wildman–Crippen LogP) is 1.38. The molecule has 0 aliphatic carbocycles. The van der Waals surface area contributed by atoms with Crippen LogP contribution in [-0.2, 0) is 16.6 Å². The highest BCUT2D eigenvalue weighted by molar-refractivity contribution is 7.91. The van der Waals surface area contributed by atoms with Gasteiger partial charge in [0.1, 0.15) is 15.5 Å². The van der Waals surface area contributed by atoms with Crippen molar-refractivity contribution in [2.24, 2.45) is 0 Å². The molecule has 0 saturated carbocycles.